The maximum Gasteiger partial charge on any atom is 0.307 e. The van der Waals surface area contributed by atoms with Crippen molar-refractivity contribution in [3.8, 4) is 0 Å². The molecule has 1 aliphatic rings. The lowest BCUT2D eigenvalue weighted by Crippen LogP contribution is -2.28. The fraction of sp³-hybridized carbons (Fsp3) is 0.700. The molecule has 94 valence electrons. The van der Waals surface area contributed by atoms with E-state index < -0.39 is 5.97 Å². The van der Waals surface area contributed by atoms with Crippen LogP contribution in [0.5, 0.6) is 0 Å². The van der Waals surface area contributed by atoms with E-state index >= 15 is 0 Å². The summed E-state index contributed by atoms with van der Waals surface area (Å²) in [7, 11) is 0. The summed E-state index contributed by atoms with van der Waals surface area (Å²) in [6.07, 6.45) is 5.88. The molecule has 0 spiro atoms. The summed E-state index contributed by atoms with van der Waals surface area (Å²) in [6, 6.07) is 0. The van der Waals surface area contributed by atoms with E-state index in [9.17, 15) is 9.90 Å². The van der Waals surface area contributed by atoms with Gasteiger partial charge in [-0.3, -0.25) is 4.79 Å². The zero-order valence-electron chi connectivity index (χ0n) is 9.46. The van der Waals surface area contributed by atoms with E-state index in [1.165, 1.54) is 0 Å². The number of nitrogens with zero attached hydrogens (tertiary/aromatic N) is 2. The van der Waals surface area contributed by atoms with Crippen molar-refractivity contribution in [3.05, 3.63) is 0 Å². The van der Waals surface area contributed by atoms with Crippen LogP contribution in [0.2, 0.25) is 0 Å². The maximum absolute atomic E-state index is 11.2. The average molecular weight is 290 g/mol. The second-order valence-corrected chi connectivity index (χ2v) is 7.44. The van der Waals surface area contributed by atoms with Gasteiger partial charge in [-0.05, 0) is 19.1 Å². The molecule has 0 saturated heterocycles. The van der Waals surface area contributed by atoms with Crippen molar-refractivity contribution in [2.45, 2.75) is 39.6 Å². The van der Waals surface area contributed by atoms with Crippen molar-refractivity contribution < 1.29 is 9.90 Å². The van der Waals surface area contributed by atoms with Gasteiger partial charge in [0, 0.05) is 5.25 Å². The number of carboxylic acids is 1. The molecule has 0 aromatic carbocycles. The van der Waals surface area contributed by atoms with Crippen LogP contribution in [0, 0.1) is 5.92 Å². The number of rotatable bonds is 4. The molecule has 2 rings (SSSR count). The summed E-state index contributed by atoms with van der Waals surface area (Å²) in [5, 5.41) is 17.5. The SMILES string of the molecule is CSc1nnc(SC2CCCCC2C(=O)O)s1. The minimum Gasteiger partial charge on any atom is -0.481 e. The van der Waals surface area contributed by atoms with Crippen molar-refractivity contribution in [2.75, 3.05) is 6.26 Å². The lowest BCUT2D eigenvalue weighted by atomic mass is 9.89. The van der Waals surface area contributed by atoms with Crippen LogP contribution in [0.25, 0.3) is 0 Å². The molecule has 4 nitrogen and oxygen atoms in total. The molecule has 1 aliphatic carbocycles. The second kappa shape index (κ2) is 6.06. The first-order chi connectivity index (χ1) is 8.20. The monoisotopic (exact) mass is 290 g/mol. The van der Waals surface area contributed by atoms with Gasteiger partial charge in [-0.1, -0.05) is 47.7 Å². The molecule has 0 bridgehead atoms. The summed E-state index contributed by atoms with van der Waals surface area (Å²) < 4.78 is 1.84. The maximum atomic E-state index is 11.2. The largest absolute Gasteiger partial charge is 0.481 e. The van der Waals surface area contributed by atoms with Crippen molar-refractivity contribution >= 4 is 40.8 Å². The Bertz CT molecular complexity index is 397. The van der Waals surface area contributed by atoms with Gasteiger partial charge < -0.3 is 5.11 Å². The Balaban J connectivity index is 2.02. The van der Waals surface area contributed by atoms with Gasteiger partial charge in [-0.2, -0.15) is 0 Å². The van der Waals surface area contributed by atoms with E-state index in [0.717, 1.165) is 34.4 Å². The molecule has 1 saturated carbocycles. The molecule has 0 aliphatic heterocycles. The Morgan fingerprint density at radius 2 is 2.06 bits per heavy atom. The summed E-state index contributed by atoms with van der Waals surface area (Å²) in [4.78, 5) is 11.2. The number of thioether (sulfide) groups is 2. The van der Waals surface area contributed by atoms with Crippen molar-refractivity contribution in [3.63, 3.8) is 0 Å². The van der Waals surface area contributed by atoms with Crippen LogP contribution in [0.1, 0.15) is 25.7 Å². The van der Waals surface area contributed by atoms with E-state index in [2.05, 4.69) is 10.2 Å². The molecular weight excluding hydrogens is 276 g/mol. The zero-order chi connectivity index (χ0) is 12.3. The third-order valence-electron chi connectivity index (χ3n) is 2.83. The first-order valence-corrected chi connectivity index (χ1v) is 8.39. The van der Waals surface area contributed by atoms with Gasteiger partial charge in [0.1, 0.15) is 0 Å². The van der Waals surface area contributed by atoms with Gasteiger partial charge in [0.25, 0.3) is 0 Å². The van der Waals surface area contributed by atoms with Crippen LogP contribution < -0.4 is 0 Å². The fourth-order valence-electron chi connectivity index (χ4n) is 1.98. The van der Waals surface area contributed by atoms with Crippen molar-refractivity contribution in [2.24, 2.45) is 5.92 Å². The van der Waals surface area contributed by atoms with Gasteiger partial charge in [-0.25, -0.2) is 0 Å². The topological polar surface area (TPSA) is 63.1 Å². The number of aromatic nitrogens is 2. The molecule has 1 N–H and O–H groups in total. The van der Waals surface area contributed by atoms with Crippen LogP contribution in [-0.4, -0.2) is 32.8 Å². The highest BCUT2D eigenvalue weighted by Gasteiger charge is 2.32. The average Bonchev–Trinajstić information content (AvgIpc) is 2.77. The minimum atomic E-state index is -0.670. The van der Waals surface area contributed by atoms with Crippen LogP contribution in [0.4, 0.5) is 0 Å². The summed E-state index contributed by atoms with van der Waals surface area (Å²) >= 11 is 4.71. The van der Waals surface area contributed by atoms with E-state index in [4.69, 9.17) is 0 Å². The van der Waals surface area contributed by atoms with E-state index in [1.54, 1.807) is 34.9 Å². The predicted octanol–water partition coefficient (Wildman–Crippen LogP) is 3.00. The molecule has 2 atom stereocenters. The molecule has 1 aromatic heterocycles. The standard InChI is InChI=1S/C10H14N2O2S3/c1-15-9-11-12-10(17-9)16-7-5-3-2-4-6(7)8(13)14/h6-7H,2-5H2,1H3,(H,13,14). The quantitative estimate of drug-likeness (QED) is 0.860. The Labute approximate surface area is 113 Å². The van der Waals surface area contributed by atoms with Gasteiger partial charge in [0.05, 0.1) is 5.92 Å². The highest BCUT2D eigenvalue weighted by Crippen LogP contribution is 2.39. The van der Waals surface area contributed by atoms with Gasteiger partial charge >= 0.3 is 5.97 Å². The van der Waals surface area contributed by atoms with Gasteiger partial charge in [-0.15, -0.1) is 10.2 Å². The molecule has 0 amide bonds. The van der Waals surface area contributed by atoms with Crippen LogP contribution in [-0.2, 0) is 4.79 Å². The Morgan fingerprint density at radius 1 is 1.35 bits per heavy atom. The van der Waals surface area contributed by atoms with Crippen LogP contribution in [0.15, 0.2) is 8.68 Å². The first kappa shape index (κ1) is 13.2. The highest BCUT2D eigenvalue weighted by molar-refractivity contribution is 8.03. The Hall–Kier alpha value is -0.270. The molecule has 2 unspecified atom stereocenters. The van der Waals surface area contributed by atoms with Gasteiger partial charge in [0.15, 0.2) is 8.68 Å². The minimum absolute atomic E-state index is 0.156. The number of carboxylic acid groups (broad SMARTS) is 1. The zero-order valence-corrected chi connectivity index (χ0v) is 11.9. The summed E-state index contributed by atoms with van der Waals surface area (Å²) in [5.41, 5.74) is 0. The third-order valence-corrected chi connectivity index (χ3v) is 6.22. The first-order valence-electron chi connectivity index (χ1n) is 5.47. The van der Waals surface area contributed by atoms with Crippen molar-refractivity contribution in [1.29, 1.82) is 0 Å². The van der Waals surface area contributed by atoms with Crippen LogP contribution >= 0.6 is 34.9 Å². The normalized spacial score (nSPS) is 24.8. The van der Waals surface area contributed by atoms with Crippen molar-refractivity contribution in [1.82, 2.24) is 10.2 Å². The Morgan fingerprint density at radius 3 is 2.71 bits per heavy atom. The summed E-state index contributed by atoms with van der Waals surface area (Å²) in [6.45, 7) is 0. The van der Waals surface area contributed by atoms with Crippen LogP contribution in [0.3, 0.4) is 0 Å². The Kier molecular flexibility index (Phi) is 4.69. The highest BCUT2D eigenvalue weighted by atomic mass is 32.2. The lowest BCUT2D eigenvalue weighted by Gasteiger charge is -2.26. The smallest absolute Gasteiger partial charge is 0.307 e. The number of aliphatic carboxylic acids is 1. The molecule has 0 radical (unpaired) electrons. The third kappa shape index (κ3) is 3.35. The lowest BCUT2D eigenvalue weighted by molar-refractivity contribution is -0.142. The van der Waals surface area contributed by atoms with E-state index in [1.807, 2.05) is 6.26 Å². The van der Waals surface area contributed by atoms with Gasteiger partial charge in [0.2, 0.25) is 0 Å². The molecule has 7 heteroatoms. The molecule has 1 aromatic rings. The fourth-order valence-corrected chi connectivity index (χ4v) is 4.99. The number of hydrogen-bond acceptors (Lipinski definition) is 6. The van der Waals surface area contributed by atoms with E-state index in [-0.39, 0.29) is 11.2 Å². The number of hydrogen-bond donors (Lipinski definition) is 1. The molecule has 1 fully saturated rings. The number of carbonyl (C=O) groups is 1. The molecule has 17 heavy (non-hydrogen) atoms. The second-order valence-electron chi connectivity index (χ2n) is 3.92. The predicted molar refractivity (Wildman–Crippen MR) is 70.9 cm³/mol. The van der Waals surface area contributed by atoms with E-state index in [0.29, 0.717) is 0 Å². The summed E-state index contributed by atoms with van der Waals surface area (Å²) in [5.74, 6) is -0.896. The molecular formula is C10H14N2O2S3. The molecule has 1 heterocycles.